The zero-order chi connectivity index (χ0) is 15.2. The molecule has 2 rings (SSSR count). The molecule has 1 saturated heterocycles. The van der Waals surface area contributed by atoms with Gasteiger partial charge in [-0.15, -0.1) is 0 Å². The maximum atomic E-state index is 12.4. The summed E-state index contributed by atoms with van der Waals surface area (Å²) in [7, 11) is 1.97. The second kappa shape index (κ2) is 7.60. The average molecular weight is 288 g/mol. The number of nitrogens with zero attached hydrogens (tertiary/aromatic N) is 1. The summed E-state index contributed by atoms with van der Waals surface area (Å²) in [5.41, 5.74) is 1.25. The number of likely N-dealkylation sites (N-methyl/N-ethyl adjacent to an activating group) is 1. The van der Waals surface area contributed by atoms with Crippen LogP contribution in [0.4, 0.5) is 0 Å². The van der Waals surface area contributed by atoms with Crippen molar-refractivity contribution >= 4 is 5.91 Å². The monoisotopic (exact) mass is 288 g/mol. The Morgan fingerprint density at radius 2 is 1.95 bits per heavy atom. The van der Waals surface area contributed by atoms with Gasteiger partial charge in [0.1, 0.15) is 0 Å². The summed E-state index contributed by atoms with van der Waals surface area (Å²) in [4.78, 5) is 14.4. The van der Waals surface area contributed by atoms with Crippen LogP contribution in [0.5, 0.6) is 0 Å². The van der Waals surface area contributed by atoms with Crippen molar-refractivity contribution in [2.75, 3.05) is 20.1 Å². The average Bonchev–Trinajstić information content (AvgIpc) is 2.68. The van der Waals surface area contributed by atoms with Crippen molar-refractivity contribution < 1.29 is 4.79 Å². The van der Waals surface area contributed by atoms with Crippen LogP contribution in [0, 0.1) is 11.8 Å². The van der Waals surface area contributed by atoms with Crippen molar-refractivity contribution in [3.63, 3.8) is 0 Å². The number of hydrogen-bond donors (Lipinski definition) is 1. The fourth-order valence-corrected chi connectivity index (χ4v) is 3.19. The first kappa shape index (κ1) is 16.0. The number of carbonyl (C=O) groups is 1. The smallest absolute Gasteiger partial charge is 0.222 e. The lowest BCUT2D eigenvalue weighted by atomic mass is 9.89. The Balaban J connectivity index is 2.01. The SMILES string of the molecule is CNC(CN1CCC(C(C)C)CCC1=O)c1ccccc1. The molecule has 2 unspecified atom stereocenters. The summed E-state index contributed by atoms with van der Waals surface area (Å²) < 4.78 is 0. The molecule has 0 radical (unpaired) electrons. The van der Waals surface area contributed by atoms with Crippen LogP contribution in [0.25, 0.3) is 0 Å². The molecule has 1 amide bonds. The Morgan fingerprint density at radius 1 is 1.24 bits per heavy atom. The van der Waals surface area contributed by atoms with E-state index in [9.17, 15) is 4.79 Å². The van der Waals surface area contributed by atoms with E-state index in [1.807, 2.05) is 13.1 Å². The Kier molecular flexibility index (Phi) is 5.80. The van der Waals surface area contributed by atoms with Crippen LogP contribution in [0.2, 0.25) is 0 Å². The first-order chi connectivity index (χ1) is 10.1. The second-order valence-electron chi connectivity index (χ2n) is 6.42. The summed E-state index contributed by atoms with van der Waals surface area (Å²) in [6, 6.07) is 10.6. The standard InChI is InChI=1S/C18H28N2O/c1-14(2)15-9-10-18(21)20(12-11-15)13-17(19-3)16-7-5-4-6-8-16/h4-8,14-15,17,19H,9-13H2,1-3H3. The number of benzene rings is 1. The van der Waals surface area contributed by atoms with Gasteiger partial charge in [0.25, 0.3) is 0 Å². The summed E-state index contributed by atoms with van der Waals surface area (Å²) in [5, 5.41) is 3.35. The molecule has 116 valence electrons. The second-order valence-corrected chi connectivity index (χ2v) is 6.42. The molecule has 0 aromatic heterocycles. The van der Waals surface area contributed by atoms with Crippen LogP contribution in [0.1, 0.15) is 44.7 Å². The third-order valence-corrected chi connectivity index (χ3v) is 4.75. The first-order valence-electron chi connectivity index (χ1n) is 8.11. The van der Waals surface area contributed by atoms with Crippen molar-refractivity contribution in [3.05, 3.63) is 35.9 Å². The van der Waals surface area contributed by atoms with E-state index < -0.39 is 0 Å². The van der Waals surface area contributed by atoms with Gasteiger partial charge >= 0.3 is 0 Å². The first-order valence-corrected chi connectivity index (χ1v) is 8.11. The molecule has 1 aliphatic rings. The molecule has 1 N–H and O–H groups in total. The van der Waals surface area contributed by atoms with E-state index in [0.717, 1.165) is 25.9 Å². The molecule has 1 heterocycles. The van der Waals surface area contributed by atoms with Gasteiger partial charge in [-0.3, -0.25) is 4.79 Å². The summed E-state index contributed by atoms with van der Waals surface area (Å²) >= 11 is 0. The van der Waals surface area contributed by atoms with Gasteiger partial charge in [-0.1, -0.05) is 44.2 Å². The zero-order valence-corrected chi connectivity index (χ0v) is 13.5. The fraction of sp³-hybridized carbons (Fsp3) is 0.611. The number of rotatable bonds is 5. The highest BCUT2D eigenvalue weighted by atomic mass is 16.2. The van der Waals surface area contributed by atoms with Gasteiger partial charge in [-0.2, -0.15) is 0 Å². The van der Waals surface area contributed by atoms with Gasteiger partial charge in [-0.05, 0) is 37.3 Å². The van der Waals surface area contributed by atoms with E-state index in [2.05, 4.69) is 48.3 Å². The van der Waals surface area contributed by atoms with Gasteiger partial charge in [0.05, 0.1) is 0 Å². The van der Waals surface area contributed by atoms with E-state index in [4.69, 9.17) is 0 Å². The highest BCUT2D eigenvalue weighted by molar-refractivity contribution is 5.76. The third kappa shape index (κ3) is 4.31. The van der Waals surface area contributed by atoms with Crippen LogP contribution in [0.3, 0.4) is 0 Å². The van der Waals surface area contributed by atoms with Gasteiger partial charge in [0.15, 0.2) is 0 Å². The largest absolute Gasteiger partial charge is 0.341 e. The molecular formula is C18H28N2O. The highest BCUT2D eigenvalue weighted by Crippen LogP contribution is 2.26. The molecule has 2 atom stereocenters. The maximum Gasteiger partial charge on any atom is 0.222 e. The predicted octanol–water partition coefficient (Wildman–Crippen LogP) is 3.23. The van der Waals surface area contributed by atoms with E-state index in [-0.39, 0.29) is 6.04 Å². The Morgan fingerprint density at radius 3 is 2.57 bits per heavy atom. The third-order valence-electron chi connectivity index (χ3n) is 4.75. The van der Waals surface area contributed by atoms with E-state index >= 15 is 0 Å². The van der Waals surface area contributed by atoms with Crippen LogP contribution in [-0.4, -0.2) is 30.9 Å². The lowest BCUT2D eigenvalue weighted by molar-refractivity contribution is -0.131. The summed E-state index contributed by atoms with van der Waals surface area (Å²) in [6.07, 6.45) is 2.88. The minimum atomic E-state index is 0.214. The lowest BCUT2D eigenvalue weighted by Crippen LogP contribution is -2.38. The zero-order valence-electron chi connectivity index (χ0n) is 13.5. The van der Waals surface area contributed by atoms with Crippen LogP contribution < -0.4 is 5.32 Å². The molecule has 1 aromatic carbocycles. The number of amides is 1. The van der Waals surface area contributed by atoms with Crippen molar-refractivity contribution in [1.29, 1.82) is 0 Å². The Hall–Kier alpha value is -1.35. The molecule has 1 aliphatic heterocycles. The van der Waals surface area contributed by atoms with Gasteiger partial charge in [0.2, 0.25) is 5.91 Å². The van der Waals surface area contributed by atoms with Gasteiger partial charge < -0.3 is 10.2 Å². The maximum absolute atomic E-state index is 12.4. The molecule has 1 fully saturated rings. The molecule has 3 nitrogen and oxygen atoms in total. The quantitative estimate of drug-likeness (QED) is 0.902. The highest BCUT2D eigenvalue weighted by Gasteiger charge is 2.25. The summed E-state index contributed by atoms with van der Waals surface area (Å²) in [5.74, 6) is 1.67. The number of likely N-dealkylation sites (tertiary alicyclic amines) is 1. The van der Waals surface area contributed by atoms with Crippen molar-refractivity contribution in [2.45, 2.75) is 39.2 Å². The minimum absolute atomic E-state index is 0.214. The molecule has 0 bridgehead atoms. The molecule has 1 aromatic rings. The van der Waals surface area contributed by atoms with E-state index in [1.165, 1.54) is 5.56 Å². The molecular weight excluding hydrogens is 260 g/mol. The Bertz CT molecular complexity index is 444. The van der Waals surface area contributed by atoms with E-state index in [0.29, 0.717) is 24.2 Å². The van der Waals surface area contributed by atoms with Crippen molar-refractivity contribution in [3.8, 4) is 0 Å². The lowest BCUT2D eigenvalue weighted by Gasteiger charge is -2.27. The van der Waals surface area contributed by atoms with Crippen LogP contribution in [-0.2, 0) is 4.79 Å². The topological polar surface area (TPSA) is 32.3 Å². The Labute approximate surface area is 128 Å². The van der Waals surface area contributed by atoms with E-state index in [1.54, 1.807) is 0 Å². The molecule has 0 saturated carbocycles. The van der Waals surface area contributed by atoms with Gasteiger partial charge in [0, 0.05) is 25.6 Å². The normalized spacial score (nSPS) is 21.4. The fourth-order valence-electron chi connectivity index (χ4n) is 3.19. The molecule has 0 spiro atoms. The van der Waals surface area contributed by atoms with Crippen molar-refractivity contribution in [2.24, 2.45) is 11.8 Å². The summed E-state index contributed by atoms with van der Waals surface area (Å²) in [6.45, 7) is 6.20. The number of hydrogen-bond acceptors (Lipinski definition) is 2. The van der Waals surface area contributed by atoms with Crippen LogP contribution in [0.15, 0.2) is 30.3 Å². The minimum Gasteiger partial charge on any atom is -0.341 e. The number of nitrogens with one attached hydrogen (secondary N) is 1. The van der Waals surface area contributed by atoms with Crippen molar-refractivity contribution in [1.82, 2.24) is 10.2 Å². The van der Waals surface area contributed by atoms with Gasteiger partial charge in [-0.25, -0.2) is 0 Å². The van der Waals surface area contributed by atoms with Crippen LogP contribution >= 0.6 is 0 Å². The molecule has 0 aliphatic carbocycles. The molecule has 21 heavy (non-hydrogen) atoms. The molecule has 3 heteroatoms. The predicted molar refractivity (Wildman–Crippen MR) is 87.0 cm³/mol. The number of carbonyl (C=O) groups excluding carboxylic acids is 1.